The molecule has 0 unspecified atom stereocenters. The molecule has 0 amide bonds. The summed E-state index contributed by atoms with van der Waals surface area (Å²) in [4.78, 5) is 0.235. The van der Waals surface area contributed by atoms with Gasteiger partial charge in [-0.05, 0) is 58.7 Å². The van der Waals surface area contributed by atoms with E-state index in [1.807, 2.05) is 13.0 Å². The number of halogens is 1. The largest absolute Gasteiger partial charge is 0.496 e. The van der Waals surface area contributed by atoms with E-state index in [0.29, 0.717) is 11.4 Å². The van der Waals surface area contributed by atoms with E-state index in [9.17, 15) is 8.42 Å². The topological polar surface area (TPSA) is 46.6 Å². The Morgan fingerprint density at radius 1 is 1.14 bits per heavy atom. The van der Waals surface area contributed by atoms with Crippen LogP contribution in [0.5, 0.6) is 5.75 Å². The molecule has 0 bridgehead atoms. The van der Waals surface area contributed by atoms with Crippen LogP contribution in [-0.4, -0.2) is 22.6 Å². The van der Waals surface area contributed by atoms with Crippen molar-refractivity contribution in [3.63, 3.8) is 0 Å². The second kappa shape index (κ2) is 6.07. The monoisotopic (exact) mass is 369 g/mol. The normalized spacial score (nSPS) is 11.2. The van der Waals surface area contributed by atoms with Crippen LogP contribution in [0.3, 0.4) is 0 Å². The van der Waals surface area contributed by atoms with Gasteiger partial charge in [0.15, 0.2) is 0 Å². The zero-order valence-electron chi connectivity index (χ0n) is 12.0. The molecule has 0 aromatic heterocycles. The first-order valence-electron chi connectivity index (χ1n) is 6.26. The summed E-state index contributed by atoms with van der Waals surface area (Å²) in [6, 6.07) is 12.0. The Morgan fingerprint density at radius 2 is 1.81 bits per heavy atom. The first-order valence-corrected chi connectivity index (χ1v) is 8.49. The van der Waals surface area contributed by atoms with Crippen molar-refractivity contribution in [1.82, 2.24) is 0 Å². The Balaban J connectivity index is 2.47. The minimum Gasteiger partial charge on any atom is -0.496 e. The van der Waals surface area contributed by atoms with Gasteiger partial charge in [-0.3, -0.25) is 4.31 Å². The van der Waals surface area contributed by atoms with Crippen molar-refractivity contribution in [2.45, 2.75) is 11.8 Å². The minimum atomic E-state index is -3.61. The smallest absolute Gasteiger partial charge is 0.264 e. The lowest BCUT2D eigenvalue weighted by molar-refractivity contribution is 0.411. The molecule has 4 nitrogen and oxygen atoms in total. The summed E-state index contributed by atoms with van der Waals surface area (Å²) < 4.78 is 32.5. The van der Waals surface area contributed by atoms with Gasteiger partial charge in [-0.2, -0.15) is 0 Å². The van der Waals surface area contributed by atoms with Crippen LogP contribution in [0.25, 0.3) is 0 Å². The molecule has 0 N–H and O–H groups in total. The fraction of sp³-hybridized carbons (Fsp3) is 0.200. The summed E-state index contributed by atoms with van der Waals surface area (Å²) in [5, 5.41) is 0. The predicted octanol–water partition coefficient (Wildman–Crippen LogP) is 3.59. The van der Waals surface area contributed by atoms with Gasteiger partial charge in [0, 0.05) is 11.5 Å². The fourth-order valence-electron chi connectivity index (χ4n) is 2.01. The summed E-state index contributed by atoms with van der Waals surface area (Å²) in [7, 11) is -0.518. The maximum absolute atomic E-state index is 12.7. The molecule has 0 aliphatic rings. The number of ether oxygens (including phenoxy) is 1. The molecule has 6 heteroatoms. The molecule has 0 fully saturated rings. The summed E-state index contributed by atoms with van der Waals surface area (Å²) in [6.45, 7) is 1.82. The quantitative estimate of drug-likeness (QED) is 0.826. The molecule has 2 aromatic carbocycles. The van der Waals surface area contributed by atoms with Crippen molar-refractivity contribution in [2.75, 3.05) is 18.5 Å². The van der Waals surface area contributed by atoms with Crippen molar-refractivity contribution >= 4 is 31.6 Å². The molecule has 2 rings (SSSR count). The van der Waals surface area contributed by atoms with Crippen molar-refractivity contribution in [2.24, 2.45) is 0 Å². The molecule has 21 heavy (non-hydrogen) atoms. The van der Waals surface area contributed by atoms with Gasteiger partial charge in [0.2, 0.25) is 0 Å². The molecule has 0 aliphatic carbocycles. The number of hydrogen-bond donors (Lipinski definition) is 0. The molecule has 112 valence electrons. The third-order valence-electron chi connectivity index (χ3n) is 3.22. The highest BCUT2D eigenvalue weighted by atomic mass is 79.9. The second-order valence-electron chi connectivity index (χ2n) is 4.56. The zero-order valence-corrected chi connectivity index (χ0v) is 14.4. The predicted molar refractivity (Wildman–Crippen MR) is 87.5 cm³/mol. The zero-order chi connectivity index (χ0) is 15.6. The summed E-state index contributed by atoms with van der Waals surface area (Å²) >= 11 is 3.37. The lowest BCUT2D eigenvalue weighted by Crippen LogP contribution is -2.26. The van der Waals surface area contributed by atoms with Gasteiger partial charge in [-0.15, -0.1) is 0 Å². The van der Waals surface area contributed by atoms with Crippen molar-refractivity contribution in [1.29, 1.82) is 0 Å². The lowest BCUT2D eigenvalue weighted by atomic mass is 10.2. The van der Waals surface area contributed by atoms with Gasteiger partial charge < -0.3 is 4.74 Å². The van der Waals surface area contributed by atoms with Gasteiger partial charge in [0.05, 0.1) is 17.7 Å². The number of hydrogen-bond acceptors (Lipinski definition) is 3. The molecule has 0 aliphatic heterocycles. The Morgan fingerprint density at radius 3 is 2.38 bits per heavy atom. The highest BCUT2D eigenvalue weighted by molar-refractivity contribution is 9.10. The van der Waals surface area contributed by atoms with Gasteiger partial charge >= 0.3 is 0 Å². The van der Waals surface area contributed by atoms with E-state index < -0.39 is 10.0 Å². The van der Waals surface area contributed by atoms with Crippen LogP contribution in [0.1, 0.15) is 5.56 Å². The minimum absolute atomic E-state index is 0.235. The number of sulfonamides is 1. The molecule has 0 heterocycles. The second-order valence-corrected chi connectivity index (χ2v) is 7.38. The Hall–Kier alpha value is -1.53. The molecular weight excluding hydrogens is 354 g/mol. The third kappa shape index (κ3) is 3.06. The number of aryl methyl sites for hydroxylation is 1. The molecule has 0 saturated carbocycles. The molecule has 0 spiro atoms. The number of rotatable bonds is 4. The van der Waals surface area contributed by atoms with Crippen molar-refractivity contribution < 1.29 is 13.2 Å². The Labute approximate surface area is 133 Å². The van der Waals surface area contributed by atoms with Gasteiger partial charge in [0.25, 0.3) is 10.0 Å². The summed E-state index contributed by atoms with van der Waals surface area (Å²) in [6.07, 6.45) is 0. The molecule has 2 aromatic rings. The van der Waals surface area contributed by atoms with Crippen LogP contribution in [0.4, 0.5) is 5.69 Å². The van der Waals surface area contributed by atoms with E-state index in [-0.39, 0.29) is 4.90 Å². The lowest BCUT2D eigenvalue weighted by Gasteiger charge is -2.21. The number of anilines is 1. The van der Waals surface area contributed by atoms with Gasteiger partial charge in [-0.1, -0.05) is 12.1 Å². The molecule has 0 atom stereocenters. The Kier molecular flexibility index (Phi) is 4.58. The highest BCUT2D eigenvalue weighted by Gasteiger charge is 2.23. The summed E-state index contributed by atoms with van der Waals surface area (Å²) in [5.74, 6) is 0.664. The third-order valence-corrected chi connectivity index (χ3v) is 5.65. The number of methoxy groups -OCH3 is 1. The number of nitrogens with zero attached hydrogens (tertiary/aromatic N) is 1. The highest BCUT2D eigenvalue weighted by Crippen LogP contribution is 2.30. The van der Waals surface area contributed by atoms with E-state index in [0.717, 1.165) is 10.0 Å². The van der Waals surface area contributed by atoms with E-state index in [4.69, 9.17) is 4.74 Å². The molecule has 0 saturated heterocycles. The molecule has 0 radical (unpaired) electrons. The molecular formula is C15H16BrNO3S. The standard InChI is InChI=1S/C15H16BrNO3S/c1-11-10-12(8-9-15(11)20-3)21(18,19)17(2)14-7-5-4-6-13(14)16/h4-10H,1-3H3. The maximum Gasteiger partial charge on any atom is 0.264 e. The average Bonchev–Trinajstić information content (AvgIpc) is 2.47. The van der Waals surface area contributed by atoms with Crippen LogP contribution in [0.2, 0.25) is 0 Å². The van der Waals surface area contributed by atoms with E-state index in [2.05, 4.69) is 15.9 Å². The Bertz CT molecular complexity index is 759. The first-order chi connectivity index (χ1) is 9.87. The van der Waals surface area contributed by atoms with Crippen LogP contribution < -0.4 is 9.04 Å². The van der Waals surface area contributed by atoms with Crippen molar-refractivity contribution in [3.8, 4) is 5.75 Å². The number of para-hydroxylation sites is 1. The average molecular weight is 370 g/mol. The first kappa shape index (κ1) is 15.9. The van der Waals surface area contributed by atoms with E-state index >= 15 is 0 Å². The van der Waals surface area contributed by atoms with Gasteiger partial charge in [-0.25, -0.2) is 8.42 Å². The maximum atomic E-state index is 12.7. The van der Waals surface area contributed by atoms with Crippen LogP contribution in [0.15, 0.2) is 51.8 Å². The number of benzene rings is 2. The van der Waals surface area contributed by atoms with Crippen molar-refractivity contribution in [3.05, 3.63) is 52.5 Å². The van der Waals surface area contributed by atoms with Crippen LogP contribution in [-0.2, 0) is 10.0 Å². The van der Waals surface area contributed by atoms with E-state index in [1.165, 1.54) is 11.4 Å². The van der Waals surface area contributed by atoms with Crippen LogP contribution in [0, 0.1) is 6.92 Å². The van der Waals surface area contributed by atoms with Gasteiger partial charge in [0.1, 0.15) is 5.75 Å². The van der Waals surface area contributed by atoms with E-state index in [1.54, 1.807) is 43.5 Å². The van der Waals surface area contributed by atoms with Crippen LogP contribution >= 0.6 is 15.9 Å². The fourth-order valence-corrected chi connectivity index (χ4v) is 3.97. The summed E-state index contributed by atoms with van der Waals surface area (Å²) in [5.41, 5.74) is 1.37. The SMILES string of the molecule is COc1ccc(S(=O)(=O)N(C)c2ccccc2Br)cc1C.